The Morgan fingerprint density at radius 3 is 2.73 bits per heavy atom. The molecule has 0 bridgehead atoms. The third kappa shape index (κ3) is 3.64. The second-order valence-electron chi connectivity index (χ2n) is 6.99. The fourth-order valence-corrected chi connectivity index (χ4v) is 3.64. The first-order valence-corrected chi connectivity index (χ1v) is 9.28. The van der Waals surface area contributed by atoms with Gasteiger partial charge < -0.3 is 20.1 Å². The molecule has 1 saturated carbocycles. The lowest BCUT2D eigenvalue weighted by Crippen LogP contribution is -2.40. The van der Waals surface area contributed by atoms with Crippen molar-refractivity contribution in [3.05, 3.63) is 30.0 Å². The molecule has 2 aromatic rings. The van der Waals surface area contributed by atoms with Crippen LogP contribution in [0.3, 0.4) is 0 Å². The summed E-state index contributed by atoms with van der Waals surface area (Å²) >= 11 is 0. The zero-order valence-corrected chi connectivity index (χ0v) is 14.7. The summed E-state index contributed by atoms with van der Waals surface area (Å²) < 4.78 is 5.34. The highest BCUT2D eigenvalue weighted by atomic mass is 16.5. The summed E-state index contributed by atoms with van der Waals surface area (Å²) in [6.07, 6.45) is 4.97. The summed E-state index contributed by atoms with van der Waals surface area (Å²) in [6, 6.07) is 5.88. The van der Waals surface area contributed by atoms with Crippen LogP contribution in [-0.2, 0) is 4.74 Å². The molecule has 4 rings (SSSR count). The number of ether oxygens (including phenoxy) is 1. The van der Waals surface area contributed by atoms with Crippen LogP contribution in [0.25, 0.3) is 10.9 Å². The Hall–Kier alpha value is -2.25. The van der Waals surface area contributed by atoms with E-state index in [0.29, 0.717) is 43.3 Å². The van der Waals surface area contributed by atoms with Crippen molar-refractivity contribution >= 4 is 22.8 Å². The molecule has 1 aromatic heterocycles. The van der Waals surface area contributed by atoms with E-state index in [2.05, 4.69) is 15.3 Å². The highest BCUT2D eigenvalue weighted by Gasteiger charge is 2.22. The summed E-state index contributed by atoms with van der Waals surface area (Å²) in [4.78, 5) is 23.8. The topological polar surface area (TPSA) is 87.6 Å². The van der Waals surface area contributed by atoms with Crippen molar-refractivity contribution in [3.63, 3.8) is 0 Å². The molecule has 0 atom stereocenters. The van der Waals surface area contributed by atoms with Crippen molar-refractivity contribution in [3.8, 4) is 0 Å². The van der Waals surface area contributed by atoms with Gasteiger partial charge in [0.15, 0.2) is 0 Å². The zero-order valence-electron chi connectivity index (χ0n) is 14.7. The molecule has 0 radical (unpaired) electrons. The van der Waals surface area contributed by atoms with Gasteiger partial charge in [-0.15, -0.1) is 0 Å². The van der Waals surface area contributed by atoms with Crippen LogP contribution in [-0.4, -0.2) is 64.3 Å². The van der Waals surface area contributed by atoms with Gasteiger partial charge in [0.05, 0.1) is 30.4 Å². The molecule has 2 N–H and O–H groups in total. The van der Waals surface area contributed by atoms with E-state index in [-0.39, 0.29) is 18.1 Å². The minimum Gasteiger partial charge on any atom is -0.393 e. The molecule has 0 spiro atoms. The maximum Gasteiger partial charge on any atom is 0.256 e. The molecule has 7 nitrogen and oxygen atoms in total. The number of anilines is 1. The Bertz CT molecular complexity index is 783. The number of aliphatic hydroxyl groups excluding tert-OH is 1. The van der Waals surface area contributed by atoms with Gasteiger partial charge in [0.1, 0.15) is 0 Å². The van der Waals surface area contributed by atoms with Crippen LogP contribution < -0.4 is 5.32 Å². The van der Waals surface area contributed by atoms with Gasteiger partial charge in [-0.25, -0.2) is 9.97 Å². The number of benzene rings is 1. The van der Waals surface area contributed by atoms with Gasteiger partial charge in [-0.1, -0.05) is 12.1 Å². The molecule has 26 heavy (non-hydrogen) atoms. The monoisotopic (exact) mass is 356 g/mol. The van der Waals surface area contributed by atoms with Crippen LogP contribution >= 0.6 is 0 Å². The number of para-hydroxylation sites is 1. The molecule has 7 heteroatoms. The lowest BCUT2D eigenvalue weighted by molar-refractivity contribution is 0.0304. The number of nitrogens with zero attached hydrogens (tertiary/aromatic N) is 3. The molecule has 138 valence electrons. The number of fused-ring (bicyclic) bond motifs is 1. The number of carbonyl (C=O) groups is 1. The molecule has 0 unspecified atom stereocenters. The van der Waals surface area contributed by atoms with Crippen LogP contribution in [0, 0.1) is 0 Å². The lowest BCUT2D eigenvalue weighted by Gasteiger charge is -2.27. The number of hydrogen-bond donors (Lipinski definition) is 2. The van der Waals surface area contributed by atoms with Crippen LogP contribution in [0.5, 0.6) is 0 Å². The number of hydrogen-bond acceptors (Lipinski definition) is 6. The number of aromatic nitrogens is 2. The Balaban J connectivity index is 1.58. The highest BCUT2D eigenvalue weighted by Crippen LogP contribution is 2.23. The van der Waals surface area contributed by atoms with Gasteiger partial charge in [-0.05, 0) is 31.7 Å². The van der Waals surface area contributed by atoms with Gasteiger partial charge in [0, 0.05) is 30.7 Å². The predicted molar refractivity (Wildman–Crippen MR) is 98.1 cm³/mol. The van der Waals surface area contributed by atoms with E-state index < -0.39 is 0 Å². The first-order valence-electron chi connectivity index (χ1n) is 9.28. The van der Waals surface area contributed by atoms with Crippen LogP contribution in [0.2, 0.25) is 0 Å². The smallest absolute Gasteiger partial charge is 0.256 e. The van der Waals surface area contributed by atoms with E-state index in [1.54, 1.807) is 6.20 Å². The maximum absolute atomic E-state index is 12.9. The molecule has 1 aliphatic carbocycles. The average molecular weight is 356 g/mol. The molecule has 1 saturated heterocycles. The molecule has 1 amide bonds. The quantitative estimate of drug-likeness (QED) is 0.872. The van der Waals surface area contributed by atoms with Crippen LogP contribution in [0.15, 0.2) is 24.4 Å². The van der Waals surface area contributed by atoms with Crippen molar-refractivity contribution in [2.24, 2.45) is 0 Å². The molecular weight excluding hydrogens is 332 g/mol. The minimum atomic E-state index is -0.191. The molecule has 1 aliphatic heterocycles. The van der Waals surface area contributed by atoms with E-state index in [9.17, 15) is 9.90 Å². The molecular formula is C19H24N4O3. The summed E-state index contributed by atoms with van der Waals surface area (Å²) in [6.45, 7) is 2.36. The minimum absolute atomic E-state index is 0.00987. The van der Waals surface area contributed by atoms with E-state index in [4.69, 9.17) is 4.74 Å². The van der Waals surface area contributed by atoms with Gasteiger partial charge in [-0.2, -0.15) is 0 Å². The Morgan fingerprint density at radius 2 is 1.96 bits per heavy atom. The van der Waals surface area contributed by atoms with Crippen molar-refractivity contribution in [1.29, 1.82) is 0 Å². The van der Waals surface area contributed by atoms with Gasteiger partial charge >= 0.3 is 0 Å². The first-order chi connectivity index (χ1) is 12.7. The SMILES string of the molecule is O=C(c1cccc2cnc(NC3CCC(O)CC3)nc12)N1CCOCC1. The molecule has 1 aromatic carbocycles. The normalized spacial score (nSPS) is 23.8. The summed E-state index contributed by atoms with van der Waals surface area (Å²) in [5.74, 6) is 0.533. The Labute approximate surface area is 152 Å². The number of morpholine rings is 1. The lowest BCUT2D eigenvalue weighted by atomic mass is 9.93. The van der Waals surface area contributed by atoms with E-state index in [1.807, 2.05) is 23.1 Å². The van der Waals surface area contributed by atoms with E-state index in [0.717, 1.165) is 31.1 Å². The van der Waals surface area contributed by atoms with E-state index >= 15 is 0 Å². The second-order valence-corrected chi connectivity index (χ2v) is 6.99. The number of aliphatic hydroxyl groups is 1. The van der Waals surface area contributed by atoms with Gasteiger partial charge in [0.25, 0.3) is 5.91 Å². The van der Waals surface area contributed by atoms with E-state index in [1.165, 1.54) is 0 Å². The number of amides is 1. The molecule has 2 heterocycles. The van der Waals surface area contributed by atoms with Gasteiger partial charge in [-0.3, -0.25) is 4.79 Å². The fourth-order valence-electron chi connectivity index (χ4n) is 3.64. The van der Waals surface area contributed by atoms with Crippen molar-refractivity contribution in [2.75, 3.05) is 31.6 Å². The van der Waals surface area contributed by atoms with Crippen LogP contribution in [0.1, 0.15) is 36.0 Å². The van der Waals surface area contributed by atoms with Crippen molar-refractivity contribution < 1.29 is 14.6 Å². The summed E-state index contributed by atoms with van der Waals surface area (Å²) in [5, 5.41) is 13.9. The van der Waals surface area contributed by atoms with Gasteiger partial charge in [0.2, 0.25) is 5.95 Å². The first kappa shape index (κ1) is 17.2. The molecule has 2 fully saturated rings. The Kier molecular flexibility index (Phi) is 4.99. The van der Waals surface area contributed by atoms with Crippen molar-refractivity contribution in [1.82, 2.24) is 14.9 Å². The third-order valence-corrected chi connectivity index (χ3v) is 5.17. The molecule has 2 aliphatic rings. The van der Waals surface area contributed by atoms with Crippen molar-refractivity contribution in [2.45, 2.75) is 37.8 Å². The standard InChI is InChI=1S/C19H24N4O3/c24-15-6-4-14(5-7-15)21-19-20-12-13-2-1-3-16(17(13)22-19)18(25)23-8-10-26-11-9-23/h1-3,12,14-15,24H,4-11H2,(H,20,21,22). The third-order valence-electron chi connectivity index (χ3n) is 5.17. The number of nitrogens with one attached hydrogen (secondary N) is 1. The Morgan fingerprint density at radius 1 is 1.19 bits per heavy atom. The number of rotatable bonds is 3. The second kappa shape index (κ2) is 7.55. The van der Waals surface area contributed by atoms with Crippen LogP contribution in [0.4, 0.5) is 5.95 Å². The summed E-state index contributed by atoms with van der Waals surface area (Å²) in [5.41, 5.74) is 1.28. The maximum atomic E-state index is 12.9. The highest BCUT2D eigenvalue weighted by molar-refractivity contribution is 6.05. The average Bonchev–Trinajstić information content (AvgIpc) is 2.69. The summed E-state index contributed by atoms with van der Waals surface area (Å²) in [7, 11) is 0. The largest absolute Gasteiger partial charge is 0.393 e. The zero-order chi connectivity index (χ0) is 17.9. The predicted octanol–water partition coefficient (Wildman–Crippen LogP) is 1.82. The fraction of sp³-hybridized carbons (Fsp3) is 0.526. The number of carbonyl (C=O) groups excluding carboxylic acids is 1.